The number of ketones is 1. The summed E-state index contributed by atoms with van der Waals surface area (Å²) in [6.45, 7) is 3.41. The van der Waals surface area contributed by atoms with Crippen molar-refractivity contribution < 1.29 is 19.5 Å². The van der Waals surface area contributed by atoms with Crippen LogP contribution in [0.3, 0.4) is 0 Å². The van der Waals surface area contributed by atoms with Gasteiger partial charge in [-0.15, -0.1) is 0 Å². The molecule has 1 atom stereocenters. The lowest BCUT2D eigenvalue weighted by molar-refractivity contribution is -0.142. The standard InChI is InChI=1S/C16H17NO4/c1-10-15(11(2)18)13(8-14(19)20)16(21)17(10)9-12-6-4-3-5-7-12/h3-7,13H,8-9H2,1-2H3,(H,19,20)/t13-/m0/s1. The summed E-state index contributed by atoms with van der Waals surface area (Å²) < 4.78 is 0. The summed E-state index contributed by atoms with van der Waals surface area (Å²) >= 11 is 0. The van der Waals surface area contributed by atoms with Crippen LogP contribution in [0.25, 0.3) is 0 Å². The summed E-state index contributed by atoms with van der Waals surface area (Å²) in [5.41, 5.74) is 1.81. The zero-order valence-electron chi connectivity index (χ0n) is 12.0. The van der Waals surface area contributed by atoms with Crippen LogP contribution in [0.2, 0.25) is 0 Å². The van der Waals surface area contributed by atoms with Crippen LogP contribution < -0.4 is 0 Å². The molecule has 0 unspecified atom stereocenters. The Bertz CT molecular complexity index is 618. The first kappa shape index (κ1) is 15.0. The average molecular weight is 287 g/mol. The van der Waals surface area contributed by atoms with Crippen molar-refractivity contribution in [3.63, 3.8) is 0 Å². The monoisotopic (exact) mass is 287 g/mol. The van der Waals surface area contributed by atoms with Crippen LogP contribution in [-0.4, -0.2) is 27.7 Å². The molecule has 0 spiro atoms. The van der Waals surface area contributed by atoms with Crippen molar-refractivity contribution in [1.82, 2.24) is 4.90 Å². The van der Waals surface area contributed by atoms with E-state index in [1.165, 1.54) is 11.8 Å². The number of Topliss-reactive ketones (excluding diaryl/α,β-unsaturated/α-hetero) is 1. The molecule has 1 N–H and O–H groups in total. The molecule has 0 fully saturated rings. The van der Waals surface area contributed by atoms with E-state index in [2.05, 4.69) is 0 Å². The summed E-state index contributed by atoms with van der Waals surface area (Å²) in [6, 6.07) is 9.40. The van der Waals surface area contributed by atoms with Gasteiger partial charge in [0.15, 0.2) is 5.78 Å². The van der Waals surface area contributed by atoms with Gasteiger partial charge in [0, 0.05) is 11.3 Å². The maximum absolute atomic E-state index is 12.4. The van der Waals surface area contributed by atoms with Gasteiger partial charge in [-0.3, -0.25) is 14.4 Å². The van der Waals surface area contributed by atoms with Gasteiger partial charge in [0.25, 0.3) is 0 Å². The normalized spacial score (nSPS) is 18.3. The maximum Gasteiger partial charge on any atom is 0.304 e. The number of carboxylic acid groups (broad SMARTS) is 1. The molecule has 1 aliphatic heterocycles. The first-order valence-corrected chi connectivity index (χ1v) is 6.70. The molecule has 0 bridgehead atoms. The number of hydrogen-bond acceptors (Lipinski definition) is 3. The van der Waals surface area contributed by atoms with E-state index in [-0.39, 0.29) is 18.1 Å². The van der Waals surface area contributed by atoms with E-state index in [1.807, 2.05) is 30.3 Å². The van der Waals surface area contributed by atoms with Crippen LogP contribution in [0, 0.1) is 5.92 Å². The average Bonchev–Trinajstić information content (AvgIpc) is 2.64. The van der Waals surface area contributed by atoms with E-state index >= 15 is 0 Å². The molecule has 21 heavy (non-hydrogen) atoms. The number of rotatable bonds is 5. The highest BCUT2D eigenvalue weighted by Gasteiger charge is 2.40. The minimum atomic E-state index is -1.08. The van der Waals surface area contributed by atoms with E-state index in [1.54, 1.807) is 6.92 Å². The SMILES string of the molecule is CC(=O)C1=C(C)N(Cc2ccccc2)C(=O)[C@H]1CC(=O)O. The fourth-order valence-electron chi connectivity index (χ4n) is 2.70. The molecule has 0 aromatic heterocycles. The number of carboxylic acids is 1. The van der Waals surface area contributed by atoms with Crippen LogP contribution in [0.15, 0.2) is 41.6 Å². The highest BCUT2D eigenvalue weighted by molar-refractivity contribution is 6.05. The van der Waals surface area contributed by atoms with Gasteiger partial charge >= 0.3 is 5.97 Å². The number of aliphatic carboxylic acids is 1. The molecule has 0 aliphatic carbocycles. The van der Waals surface area contributed by atoms with Crippen molar-refractivity contribution >= 4 is 17.7 Å². The third-order valence-corrected chi connectivity index (χ3v) is 3.65. The van der Waals surface area contributed by atoms with Gasteiger partial charge in [0.05, 0.1) is 18.9 Å². The molecule has 0 radical (unpaired) electrons. The number of carbonyl (C=O) groups excluding carboxylic acids is 2. The molecule has 0 saturated heterocycles. The predicted molar refractivity (Wildman–Crippen MR) is 76.1 cm³/mol. The number of hydrogen-bond donors (Lipinski definition) is 1. The minimum Gasteiger partial charge on any atom is -0.481 e. The summed E-state index contributed by atoms with van der Waals surface area (Å²) in [5, 5.41) is 8.95. The third-order valence-electron chi connectivity index (χ3n) is 3.65. The Balaban J connectivity index is 2.32. The summed E-state index contributed by atoms with van der Waals surface area (Å²) in [5.74, 6) is -2.52. The van der Waals surface area contributed by atoms with Crippen LogP contribution in [0.1, 0.15) is 25.8 Å². The topological polar surface area (TPSA) is 74.7 Å². The molecular formula is C16H17NO4. The third kappa shape index (κ3) is 3.02. The Morgan fingerprint density at radius 1 is 1.24 bits per heavy atom. The van der Waals surface area contributed by atoms with Crippen molar-refractivity contribution in [3.8, 4) is 0 Å². The molecule has 1 heterocycles. The second-order valence-corrected chi connectivity index (χ2v) is 5.12. The second-order valence-electron chi connectivity index (χ2n) is 5.12. The zero-order valence-corrected chi connectivity index (χ0v) is 12.0. The molecule has 1 aromatic rings. The van der Waals surface area contributed by atoms with E-state index in [4.69, 9.17) is 5.11 Å². The predicted octanol–water partition coefficient (Wildman–Crippen LogP) is 1.98. The summed E-state index contributed by atoms with van der Waals surface area (Å²) in [7, 11) is 0. The Morgan fingerprint density at radius 2 is 1.86 bits per heavy atom. The van der Waals surface area contributed by atoms with Crippen molar-refractivity contribution in [2.75, 3.05) is 0 Å². The smallest absolute Gasteiger partial charge is 0.304 e. The van der Waals surface area contributed by atoms with Gasteiger partial charge in [-0.1, -0.05) is 30.3 Å². The van der Waals surface area contributed by atoms with E-state index in [0.29, 0.717) is 17.8 Å². The quantitative estimate of drug-likeness (QED) is 0.898. The van der Waals surface area contributed by atoms with Gasteiger partial charge in [-0.2, -0.15) is 0 Å². The van der Waals surface area contributed by atoms with Crippen LogP contribution in [0.4, 0.5) is 0 Å². The Labute approximate surface area is 122 Å². The molecule has 0 saturated carbocycles. The zero-order chi connectivity index (χ0) is 15.6. The van der Waals surface area contributed by atoms with Crippen molar-refractivity contribution in [2.24, 2.45) is 5.92 Å². The second kappa shape index (κ2) is 5.91. The van der Waals surface area contributed by atoms with E-state index in [0.717, 1.165) is 5.56 Å². The molecule has 2 rings (SSSR count). The van der Waals surface area contributed by atoms with Gasteiger partial charge < -0.3 is 10.0 Å². The van der Waals surface area contributed by atoms with Crippen LogP contribution >= 0.6 is 0 Å². The fourth-order valence-corrected chi connectivity index (χ4v) is 2.70. The van der Waals surface area contributed by atoms with Gasteiger partial charge in [-0.25, -0.2) is 0 Å². The van der Waals surface area contributed by atoms with Crippen LogP contribution in [0.5, 0.6) is 0 Å². The number of amides is 1. The lowest BCUT2D eigenvalue weighted by atomic mass is 9.94. The minimum absolute atomic E-state index is 0.248. The highest BCUT2D eigenvalue weighted by Crippen LogP contribution is 2.33. The number of allylic oxidation sites excluding steroid dienone is 1. The molecule has 5 heteroatoms. The first-order valence-electron chi connectivity index (χ1n) is 6.70. The maximum atomic E-state index is 12.4. The Hall–Kier alpha value is -2.43. The van der Waals surface area contributed by atoms with Crippen LogP contribution in [-0.2, 0) is 20.9 Å². The summed E-state index contributed by atoms with van der Waals surface area (Å²) in [4.78, 5) is 36.6. The number of carbonyl (C=O) groups is 3. The molecule has 1 aromatic carbocycles. The van der Waals surface area contributed by atoms with Gasteiger partial charge in [-0.05, 0) is 19.4 Å². The fraction of sp³-hybridized carbons (Fsp3) is 0.312. The van der Waals surface area contributed by atoms with E-state index < -0.39 is 11.9 Å². The lowest BCUT2D eigenvalue weighted by Gasteiger charge is -2.19. The molecular weight excluding hydrogens is 270 g/mol. The Morgan fingerprint density at radius 3 is 2.38 bits per heavy atom. The Kier molecular flexibility index (Phi) is 4.21. The van der Waals surface area contributed by atoms with Gasteiger partial charge in [0.2, 0.25) is 5.91 Å². The largest absolute Gasteiger partial charge is 0.481 e. The highest BCUT2D eigenvalue weighted by atomic mass is 16.4. The molecule has 110 valence electrons. The number of nitrogens with zero attached hydrogens (tertiary/aromatic N) is 1. The van der Waals surface area contributed by atoms with Crippen molar-refractivity contribution in [3.05, 3.63) is 47.2 Å². The first-order chi connectivity index (χ1) is 9.91. The molecule has 1 aliphatic rings. The van der Waals surface area contributed by atoms with E-state index in [9.17, 15) is 14.4 Å². The van der Waals surface area contributed by atoms with Crippen molar-refractivity contribution in [1.29, 1.82) is 0 Å². The molecule has 1 amide bonds. The number of benzene rings is 1. The summed E-state index contributed by atoms with van der Waals surface area (Å²) in [6.07, 6.45) is -0.351. The van der Waals surface area contributed by atoms with Crippen molar-refractivity contribution in [2.45, 2.75) is 26.8 Å². The molecule has 5 nitrogen and oxygen atoms in total. The van der Waals surface area contributed by atoms with Gasteiger partial charge in [0.1, 0.15) is 0 Å². The lowest BCUT2D eigenvalue weighted by Crippen LogP contribution is -2.29.